The maximum atomic E-state index is 14.5. The number of carbonyl (C=O) groups excluding carboxylic acids is 1. The van der Waals surface area contributed by atoms with Crippen molar-refractivity contribution < 1.29 is 35.2 Å². The van der Waals surface area contributed by atoms with E-state index in [0.29, 0.717) is 36.7 Å². The van der Waals surface area contributed by atoms with E-state index in [9.17, 15) is 35.2 Å². The lowest BCUT2D eigenvalue weighted by Gasteiger charge is -2.26. The molecule has 17 heteroatoms. The first kappa shape index (κ1) is 31.3. The first-order valence-corrected chi connectivity index (χ1v) is 16.5. The Hall–Kier alpha value is -4.31. The Balaban J connectivity index is 1.25. The maximum absolute atomic E-state index is 14.5. The van der Waals surface area contributed by atoms with Gasteiger partial charge in [0.15, 0.2) is 17.3 Å². The Kier molecular flexibility index (Phi) is 7.62. The molecule has 0 bridgehead atoms. The molecule has 1 aliphatic carbocycles. The molecule has 2 aromatic carbocycles. The molecule has 10 nitrogen and oxygen atoms in total. The van der Waals surface area contributed by atoms with Crippen LogP contribution in [0.15, 0.2) is 47.8 Å². The lowest BCUT2D eigenvalue weighted by atomic mass is 10.1. The second-order valence-corrected chi connectivity index (χ2v) is 13.8. The molecule has 1 N–H and O–H groups in total. The van der Waals surface area contributed by atoms with Gasteiger partial charge in [-0.2, -0.15) is 18.3 Å². The summed E-state index contributed by atoms with van der Waals surface area (Å²) < 4.78 is 101. The van der Waals surface area contributed by atoms with Crippen molar-refractivity contribution >= 4 is 50.5 Å². The fourth-order valence-electron chi connectivity index (χ4n) is 5.89. The minimum Gasteiger partial charge on any atom is -0.310 e. The third-order valence-electron chi connectivity index (χ3n) is 8.30. The molecule has 1 saturated carbocycles. The van der Waals surface area contributed by atoms with Crippen LogP contribution in [0, 0.1) is 17.6 Å². The number of benzene rings is 2. The van der Waals surface area contributed by atoms with Crippen LogP contribution in [0.1, 0.15) is 36.9 Å². The molecule has 4 heterocycles. The van der Waals surface area contributed by atoms with Gasteiger partial charge in [0.25, 0.3) is 10.0 Å². The number of carbonyl (C=O) groups is 1. The smallest absolute Gasteiger partial charge is 0.310 e. The zero-order valence-electron chi connectivity index (χ0n) is 24.4. The Bertz CT molecular complexity index is 1990. The summed E-state index contributed by atoms with van der Waals surface area (Å²) in [4.78, 5) is 24.4. The number of amides is 1. The van der Waals surface area contributed by atoms with Crippen LogP contribution >= 0.6 is 11.6 Å². The number of aromatic nitrogens is 4. The van der Waals surface area contributed by atoms with E-state index < -0.39 is 39.2 Å². The first-order valence-electron chi connectivity index (χ1n) is 14.7. The van der Waals surface area contributed by atoms with Crippen molar-refractivity contribution in [3.05, 3.63) is 70.8 Å². The number of hydrogen-bond donors (Lipinski definition) is 1. The van der Waals surface area contributed by atoms with E-state index in [2.05, 4.69) is 15.1 Å². The standard InChI is InChI=1S/C30H25ClF5N7O3S/c31-19-9-22(32)26(23(33)10-19)40-47(45,46)20-8-17-5-7-43(27(17)24(11-20)42-6-1-2-25(42)44)29-37-12-18(13-38-29)21-15-41(14-16-3-4-16)39-28(21)30(34,35)36/h8-13,15-16,40H,1-7,14H2. The van der Waals surface area contributed by atoms with Crippen molar-refractivity contribution in [2.45, 2.75) is 49.7 Å². The van der Waals surface area contributed by atoms with E-state index in [-0.39, 0.29) is 58.0 Å². The Morgan fingerprint density at radius 3 is 2.30 bits per heavy atom. The summed E-state index contributed by atoms with van der Waals surface area (Å²) in [6, 6.07) is 4.12. The van der Waals surface area contributed by atoms with Gasteiger partial charge in [-0.05, 0) is 61.4 Å². The zero-order valence-corrected chi connectivity index (χ0v) is 25.9. The first-order chi connectivity index (χ1) is 22.3. The van der Waals surface area contributed by atoms with Gasteiger partial charge in [0.1, 0.15) is 5.69 Å². The lowest BCUT2D eigenvalue weighted by molar-refractivity contribution is -0.141. The van der Waals surface area contributed by atoms with Crippen LogP contribution < -0.4 is 14.5 Å². The summed E-state index contributed by atoms with van der Waals surface area (Å²) in [5.74, 6) is -2.24. The highest BCUT2D eigenvalue weighted by Crippen LogP contribution is 2.45. The summed E-state index contributed by atoms with van der Waals surface area (Å²) in [5, 5.41) is 3.53. The summed E-state index contributed by atoms with van der Waals surface area (Å²) in [7, 11) is -4.56. The minimum absolute atomic E-state index is 0.117. The molecule has 2 aliphatic heterocycles. The van der Waals surface area contributed by atoms with Gasteiger partial charge in [0.05, 0.1) is 16.3 Å². The van der Waals surface area contributed by atoms with E-state index >= 15 is 0 Å². The van der Waals surface area contributed by atoms with Crippen LogP contribution in [0.5, 0.6) is 0 Å². The van der Waals surface area contributed by atoms with Crippen molar-refractivity contribution in [3.63, 3.8) is 0 Å². The molecule has 3 aliphatic rings. The van der Waals surface area contributed by atoms with E-state index in [1.54, 1.807) is 4.90 Å². The second-order valence-electron chi connectivity index (χ2n) is 11.7. The molecular formula is C30H25ClF5N7O3S. The Morgan fingerprint density at radius 2 is 1.68 bits per heavy atom. The minimum atomic E-state index is -4.69. The van der Waals surface area contributed by atoms with Crippen LogP contribution in [0.2, 0.25) is 5.02 Å². The topological polar surface area (TPSA) is 113 Å². The number of alkyl halides is 3. The number of fused-ring (bicyclic) bond motifs is 1. The van der Waals surface area contributed by atoms with Crippen molar-refractivity contribution in [1.82, 2.24) is 19.7 Å². The molecule has 0 atom stereocenters. The Labute approximate surface area is 270 Å². The average Bonchev–Trinajstić information content (AvgIpc) is 3.35. The molecule has 0 radical (unpaired) electrons. The molecule has 7 rings (SSSR count). The van der Waals surface area contributed by atoms with Gasteiger partial charge in [0, 0.05) is 60.8 Å². The number of hydrogen-bond acceptors (Lipinski definition) is 7. The van der Waals surface area contributed by atoms with E-state index in [1.807, 2.05) is 4.72 Å². The number of rotatable bonds is 8. The quantitative estimate of drug-likeness (QED) is 0.215. The lowest BCUT2D eigenvalue weighted by Crippen LogP contribution is -2.27. The molecule has 0 unspecified atom stereocenters. The molecule has 2 fully saturated rings. The molecule has 2 aromatic heterocycles. The van der Waals surface area contributed by atoms with Gasteiger partial charge in [-0.15, -0.1) is 0 Å². The van der Waals surface area contributed by atoms with Crippen molar-refractivity contribution in [3.8, 4) is 11.1 Å². The van der Waals surface area contributed by atoms with Gasteiger partial charge >= 0.3 is 6.18 Å². The highest BCUT2D eigenvalue weighted by Gasteiger charge is 2.39. The van der Waals surface area contributed by atoms with Crippen LogP contribution in [0.25, 0.3) is 11.1 Å². The van der Waals surface area contributed by atoms with E-state index in [1.165, 1.54) is 40.3 Å². The third-order valence-corrected chi connectivity index (χ3v) is 9.85. The van der Waals surface area contributed by atoms with Gasteiger partial charge < -0.3 is 9.80 Å². The molecule has 246 valence electrons. The summed E-state index contributed by atoms with van der Waals surface area (Å²) in [6.45, 7) is 0.941. The molecular weight excluding hydrogens is 669 g/mol. The zero-order chi connectivity index (χ0) is 33.2. The number of halogens is 6. The highest BCUT2D eigenvalue weighted by atomic mass is 35.5. The van der Waals surface area contributed by atoms with Gasteiger partial charge in [-0.1, -0.05) is 11.6 Å². The number of nitrogens with zero attached hydrogens (tertiary/aromatic N) is 6. The molecule has 0 spiro atoms. The SMILES string of the molecule is O=C1CCCN1c1cc(S(=O)(=O)Nc2c(F)cc(Cl)cc2F)cc2c1N(c1ncc(-c3cn(CC4CC4)nc3C(F)(F)F)cn1)CC2. The van der Waals surface area contributed by atoms with Crippen molar-refractivity contribution in [2.24, 2.45) is 5.92 Å². The fraction of sp³-hybridized carbons (Fsp3) is 0.333. The van der Waals surface area contributed by atoms with Crippen LogP contribution in [-0.4, -0.2) is 47.2 Å². The van der Waals surface area contributed by atoms with Gasteiger partial charge in [-0.25, -0.2) is 27.2 Å². The summed E-state index contributed by atoms with van der Waals surface area (Å²) >= 11 is 5.67. The third kappa shape index (κ3) is 5.99. The highest BCUT2D eigenvalue weighted by molar-refractivity contribution is 7.92. The summed E-state index contributed by atoms with van der Waals surface area (Å²) in [6.07, 6.45) is 2.12. The molecule has 1 saturated heterocycles. The molecule has 1 amide bonds. The molecule has 4 aromatic rings. The summed E-state index contributed by atoms with van der Waals surface area (Å²) in [5.41, 5.74) is -0.796. The van der Waals surface area contributed by atoms with Crippen LogP contribution in [0.3, 0.4) is 0 Å². The van der Waals surface area contributed by atoms with Crippen molar-refractivity contribution in [1.29, 1.82) is 0 Å². The van der Waals surface area contributed by atoms with E-state index in [4.69, 9.17) is 11.6 Å². The predicted molar refractivity (Wildman–Crippen MR) is 162 cm³/mol. The Morgan fingerprint density at radius 1 is 0.979 bits per heavy atom. The van der Waals surface area contributed by atoms with E-state index in [0.717, 1.165) is 25.0 Å². The second kappa shape index (κ2) is 11.4. The number of sulfonamides is 1. The monoisotopic (exact) mass is 693 g/mol. The average molecular weight is 694 g/mol. The largest absolute Gasteiger partial charge is 0.435 e. The normalized spacial score (nSPS) is 16.7. The predicted octanol–water partition coefficient (Wildman–Crippen LogP) is 6.32. The number of nitrogens with one attached hydrogen (secondary N) is 1. The van der Waals surface area contributed by atoms with Gasteiger partial charge in [0.2, 0.25) is 11.9 Å². The van der Waals surface area contributed by atoms with Crippen LogP contribution in [-0.2, 0) is 34.0 Å². The number of anilines is 4. The maximum Gasteiger partial charge on any atom is 0.435 e. The molecule has 47 heavy (non-hydrogen) atoms. The van der Waals surface area contributed by atoms with Crippen molar-refractivity contribution in [2.75, 3.05) is 27.6 Å². The fourth-order valence-corrected chi connectivity index (χ4v) is 7.23. The van der Waals surface area contributed by atoms with Gasteiger partial charge in [-0.3, -0.25) is 14.2 Å². The van der Waals surface area contributed by atoms with Crippen LogP contribution in [0.4, 0.5) is 45.0 Å².